The fourth-order valence-electron chi connectivity index (χ4n) is 3.21. The summed E-state index contributed by atoms with van der Waals surface area (Å²) in [7, 11) is -1.65. The number of nitrogens with two attached hydrogens (primary N) is 1. The minimum atomic E-state index is -1.87. The number of ether oxygens (including phenoxy) is 1. The number of nitrogens with one attached hydrogen (secondary N) is 1. The van der Waals surface area contributed by atoms with Crippen LogP contribution < -0.4 is 11.1 Å². The first-order valence-electron chi connectivity index (χ1n) is 7.70. The van der Waals surface area contributed by atoms with E-state index in [-0.39, 0.29) is 6.61 Å². The molecule has 1 aromatic rings. The molecule has 2 amide bonds. The first kappa shape index (κ1) is 17.6. The third-order valence-corrected chi connectivity index (χ3v) is 7.07. The summed E-state index contributed by atoms with van der Waals surface area (Å²) in [5.41, 5.74) is 5.19. The van der Waals surface area contributed by atoms with E-state index in [9.17, 15) is 18.6 Å². The summed E-state index contributed by atoms with van der Waals surface area (Å²) in [6, 6.07) is 8.08. The van der Waals surface area contributed by atoms with Gasteiger partial charge >= 0.3 is 5.97 Å². The largest absolute Gasteiger partial charge is 0.458 e. The number of hydrogen-bond donors (Lipinski definition) is 2. The molecular formula is C16H19N3O5S. The second-order valence-corrected chi connectivity index (χ2v) is 8.60. The van der Waals surface area contributed by atoms with Gasteiger partial charge in [-0.25, -0.2) is 4.79 Å². The lowest BCUT2D eigenvalue weighted by Crippen LogP contribution is -2.78. The van der Waals surface area contributed by atoms with Crippen molar-refractivity contribution in [1.82, 2.24) is 10.2 Å². The molecular weight excluding hydrogens is 346 g/mol. The molecule has 25 heavy (non-hydrogen) atoms. The molecule has 2 aliphatic heterocycles. The molecule has 9 heteroatoms. The second kappa shape index (κ2) is 5.92. The van der Waals surface area contributed by atoms with Crippen molar-refractivity contribution in [3.8, 4) is 0 Å². The Hall–Kier alpha value is -2.26. The van der Waals surface area contributed by atoms with Gasteiger partial charge in [-0.1, -0.05) is 30.3 Å². The lowest BCUT2D eigenvalue weighted by atomic mass is 9.89. The van der Waals surface area contributed by atoms with Crippen LogP contribution in [0.5, 0.6) is 0 Å². The van der Waals surface area contributed by atoms with Crippen LogP contribution in [0.25, 0.3) is 0 Å². The quantitative estimate of drug-likeness (QED) is 0.401. The molecule has 0 radical (unpaired) electrons. The Balaban J connectivity index is 1.85. The zero-order chi connectivity index (χ0) is 18.4. The highest BCUT2D eigenvalue weighted by molar-refractivity contribution is 7.87. The third-order valence-electron chi connectivity index (χ3n) is 4.83. The van der Waals surface area contributed by atoms with Crippen LogP contribution in [0.2, 0.25) is 0 Å². The van der Waals surface area contributed by atoms with Crippen molar-refractivity contribution >= 4 is 29.1 Å². The second-order valence-electron chi connectivity index (χ2n) is 6.50. The summed E-state index contributed by atoms with van der Waals surface area (Å²) in [6.45, 7) is 3.09. The van der Waals surface area contributed by atoms with Crippen LogP contribution in [0.3, 0.4) is 0 Å². The maximum atomic E-state index is 12.8. The van der Waals surface area contributed by atoms with Gasteiger partial charge in [0, 0.05) is 0 Å². The van der Waals surface area contributed by atoms with E-state index in [2.05, 4.69) is 5.32 Å². The monoisotopic (exact) mass is 365 g/mol. The van der Waals surface area contributed by atoms with E-state index in [0.29, 0.717) is 6.41 Å². The predicted octanol–water partition coefficient (Wildman–Crippen LogP) is -0.791. The van der Waals surface area contributed by atoms with Gasteiger partial charge in [0.05, 0.1) is 15.5 Å². The fourth-order valence-corrected chi connectivity index (χ4v) is 5.20. The van der Waals surface area contributed by atoms with Crippen LogP contribution in [0.4, 0.5) is 0 Å². The highest BCUT2D eigenvalue weighted by atomic mass is 32.2. The summed E-state index contributed by atoms with van der Waals surface area (Å²) >= 11 is 0. The van der Waals surface area contributed by atoms with Crippen LogP contribution in [0.1, 0.15) is 19.4 Å². The zero-order valence-electron chi connectivity index (χ0n) is 13.8. The summed E-state index contributed by atoms with van der Waals surface area (Å²) in [6.07, 6.45) is 0.369. The number of hydrogen-bond acceptors (Lipinski definition) is 6. The zero-order valence-corrected chi connectivity index (χ0v) is 14.6. The lowest BCUT2D eigenvalue weighted by Gasteiger charge is -2.47. The van der Waals surface area contributed by atoms with Crippen molar-refractivity contribution in [2.45, 2.75) is 42.3 Å². The molecule has 1 unspecified atom stereocenters. The SMILES string of the molecule is CC1(C)S(=O)[C@@H]2[C@H](NC=O)C(=O)N2[C@@]1(N)C(=O)OCc1ccccc1. The van der Waals surface area contributed by atoms with Crippen LogP contribution in [-0.2, 0) is 36.5 Å². The number of benzene rings is 1. The predicted molar refractivity (Wildman–Crippen MR) is 89.0 cm³/mol. The van der Waals surface area contributed by atoms with Crippen LogP contribution in [-0.4, -0.2) is 49.2 Å². The van der Waals surface area contributed by atoms with Crippen LogP contribution >= 0.6 is 0 Å². The van der Waals surface area contributed by atoms with Gasteiger partial charge in [0.2, 0.25) is 12.1 Å². The topological polar surface area (TPSA) is 119 Å². The Morgan fingerprint density at radius 2 is 2.04 bits per heavy atom. The summed E-state index contributed by atoms with van der Waals surface area (Å²) < 4.78 is 16.9. The number of nitrogens with zero attached hydrogens (tertiary/aromatic N) is 1. The molecule has 0 aromatic heterocycles. The van der Waals surface area contributed by atoms with Gasteiger partial charge in [-0.3, -0.25) is 24.4 Å². The Morgan fingerprint density at radius 1 is 1.40 bits per heavy atom. The smallest absolute Gasteiger partial charge is 0.349 e. The molecule has 0 bridgehead atoms. The average Bonchev–Trinajstić information content (AvgIpc) is 2.74. The molecule has 2 aliphatic rings. The number of fused-ring (bicyclic) bond motifs is 1. The van der Waals surface area contributed by atoms with Gasteiger partial charge in [0.15, 0.2) is 0 Å². The van der Waals surface area contributed by atoms with E-state index in [1.807, 2.05) is 6.07 Å². The maximum Gasteiger partial charge on any atom is 0.349 e. The van der Waals surface area contributed by atoms with E-state index >= 15 is 0 Å². The van der Waals surface area contributed by atoms with Crippen molar-refractivity contribution < 1.29 is 23.3 Å². The first-order chi connectivity index (χ1) is 11.8. The van der Waals surface area contributed by atoms with Gasteiger partial charge < -0.3 is 10.1 Å². The lowest BCUT2D eigenvalue weighted by molar-refractivity contribution is -0.175. The molecule has 0 saturated carbocycles. The van der Waals surface area contributed by atoms with Gasteiger partial charge in [-0.05, 0) is 19.4 Å². The van der Waals surface area contributed by atoms with E-state index < -0.39 is 44.5 Å². The minimum absolute atomic E-state index is 0.00987. The number of esters is 1. The van der Waals surface area contributed by atoms with Crippen molar-refractivity contribution in [2.75, 3.05) is 0 Å². The maximum absolute atomic E-state index is 12.8. The summed E-state index contributed by atoms with van der Waals surface area (Å²) in [5.74, 6) is -1.37. The standard InChI is InChI=1S/C16H19N3O5S/c1-15(2)16(17,14(22)24-8-10-6-4-3-5-7-10)19-12(21)11(18-9-20)13(19)25(15)23/h3-7,9,11,13H,8,17H2,1-2H3,(H,18,20)/t11-,13-,16+,25?/m1/s1. The molecule has 8 nitrogen and oxygen atoms in total. The van der Waals surface area contributed by atoms with E-state index in [4.69, 9.17) is 10.5 Å². The highest BCUT2D eigenvalue weighted by Gasteiger charge is 2.75. The van der Waals surface area contributed by atoms with Crippen molar-refractivity contribution in [3.63, 3.8) is 0 Å². The first-order valence-corrected chi connectivity index (χ1v) is 8.91. The fraction of sp³-hybridized carbons (Fsp3) is 0.438. The van der Waals surface area contributed by atoms with Gasteiger partial charge in [0.25, 0.3) is 5.91 Å². The molecule has 2 heterocycles. The summed E-state index contributed by atoms with van der Waals surface area (Å²) in [4.78, 5) is 36.8. The average molecular weight is 365 g/mol. The minimum Gasteiger partial charge on any atom is -0.458 e. The van der Waals surface area contributed by atoms with Crippen molar-refractivity contribution in [1.29, 1.82) is 0 Å². The van der Waals surface area contributed by atoms with Gasteiger partial charge in [0.1, 0.15) is 18.0 Å². The molecule has 0 spiro atoms. The van der Waals surface area contributed by atoms with Crippen LogP contribution in [0.15, 0.2) is 30.3 Å². The molecule has 0 aliphatic carbocycles. The van der Waals surface area contributed by atoms with Crippen molar-refractivity contribution in [2.24, 2.45) is 5.73 Å². The molecule has 2 saturated heterocycles. The summed E-state index contributed by atoms with van der Waals surface area (Å²) in [5, 5.41) is 1.49. The van der Waals surface area contributed by atoms with Gasteiger partial charge in [-0.15, -0.1) is 0 Å². The molecule has 4 atom stereocenters. The Morgan fingerprint density at radius 3 is 2.64 bits per heavy atom. The van der Waals surface area contributed by atoms with E-state index in [1.54, 1.807) is 38.1 Å². The molecule has 3 rings (SSSR count). The number of β-lactam (4-membered cyclic amide) rings is 1. The van der Waals surface area contributed by atoms with Crippen molar-refractivity contribution in [3.05, 3.63) is 35.9 Å². The molecule has 1 aromatic carbocycles. The molecule has 2 fully saturated rings. The number of rotatable bonds is 5. The van der Waals surface area contributed by atoms with Gasteiger partial charge in [-0.2, -0.15) is 0 Å². The Labute approximate surface area is 147 Å². The Bertz CT molecular complexity index is 753. The van der Waals surface area contributed by atoms with E-state index in [1.165, 1.54) is 0 Å². The van der Waals surface area contributed by atoms with Crippen LogP contribution in [0, 0.1) is 0 Å². The highest BCUT2D eigenvalue weighted by Crippen LogP contribution is 2.48. The number of carbonyl (C=O) groups excluding carboxylic acids is 3. The Kier molecular flexibility index (Phi) is 4.16. The number of amides is 2. The third kappa shape index (κ3) is 2.30. The normalized spacial score (nSPS) is 32.5. The molecule has 3 N–H and O–H groups in total. The number of carbonyl (C=O) groups is 3. The van der Waals surface area contributed by atoms with E-state index in [0.717, 1.165) is 10.5 Å². The molecule has 134 valence electrons.